The number of piperazine rings is 2. The van der Waals surface area contributed by atoms with Crippen molar-refractivity contribution < 1.29 is 28.6 Å². The summed E-state index contributed by atoms with van der Waals surface area (Å²) in [5.41, 5.74) is 1.29. The summed E-state index contributed by atoms with van der Waals surface area (Å²) in [5, 5.41) is 12.6. The van der Waals surface area contributed by atoms with Gasteiger partial charge in [0.25, 0.3) is 5.91 Å². The summed E-state index contributed by atoms with van der Waals surface area (Å²) in [6.45, 7) is 2.86. The van der Waals surface area contributed by atoms with Gasteiger partial charge in [-0.2, -0.15) is 0 Å². The fraction of sp³-hybridized carbons (Fsp3) is 0.375. The van der Waals surface area contributed by atoms with Crippen molar-refractivity contribution in [3.05, 3.63) is 58.9 Å². The third-order valence-corrected chi connectivity index (χ3v) is 6.40. The van der Waals surface area contributed by atoms with Crippen LogP contribution in [-0.4, -0.2) is 82.6 Å². The van der Waals surface area contributed by atoms with E-state index in [-0.39, 0.29) is 49.4 Å². The molecular formula is C24H26ClFN4O5. The monoisotopic (exact) mass is 504 g/mol. The highest BCUT2D eigenvalue weighted by atomic mass is 35.5. The zero-order chi connectivity index (χ0) is 25.1. The Bertz CT molecular complexity index is 1100. The fourth-order valence-corrected chi connectivity index (χ4v) is 4.74. The summed E-state index contributed by atoms with van der Waals surface area (Å²) < 4.78 is 19.0. The molecule has 9 nitrogen and oxygen atoms in total. The molecule has 2 aliphatic heterocycles. The van der Waals surface area contributed by atoms with Crippen molar-refractivity contribution >= 4 is 35.2 Å². The van der Waals surface area contributed by atoms with E-state index in [0.717, 1.165) is 5.56 Å². The van der Waals surface area contributed by atoms with Crippen LogP contribution in [0.15, 0.2) is 42.5 Å². The number of carboxylic acid groups (broad SMARTS) is 1. The van der Waals surface area contributed by atoms with Crippen molar-refractivity contribution in [2.45, 2.75) is 25.6 Å². The number of hydrogen-bond donors (Lipinski definition) is 2. The van der Waals surface area contributed by atoms with Crippen LogP contribution >= 0.6 is 11.6 Å². The Morgan fingerprint density at radius 2 is 1.69 bits per heavy atom. The molecule has 2 bridgehead atoms. The van der Waals surface area contributed by atoms with Crippen LogP contribution < -0.4 is 10.1 Å². The third-order valence-electron chi connectivity index (χ3n) is 6.17. The van der Waals surface area contributed by atoms with Crippen LogP contribution in [0.4, 0.5) is 14.9 Å². The zero-order valence-electron chi connectivity index (χ0n) is 19.1. The number of nitrogens with one attached hydrogen (secondary N) is 1. The average Bonchev–Trinajstić information content (AvgIpc) is 2.79. The van der Waals surface area contributed by atoms with Crippen LogP contribution in [0.2, 0.25) is 5.02 Å². The molecule has 186 valence electrons. The number of fused-ring (bicyclic) bond motifs is 2. The number of benzene rings is 2. The maximum Gasteiger partial charge on any atom is 0.407 e. The molecule has 0 spiro atoms. The van der Waals surface area contributed by atoms with Gasteiger partial charge in [0.05, 0.1) is 5.69 Å². The Hall–Kier alpha value is -3.37. The van der Waals surface area contributed by atoms with Crippen LogP contribution in [0.25, 0.3) is 0 Å². The second-order valence-corrected chi connectivity index (χ2v) is 9.14. The van der Waals surface area contributed by atoms with Crippen LogP contribution in [0.5, 0.6) is 5.75 Å². The summed E-state index contributed by atoms with van der Waals surface area (Å²) in [6, 6.07) is 10.5. The van der Waals surface area contributed by atoms with E-state index in [1.165, 1.54) is 24.0 Å². The predicted octanol–water partition coefficient (Wildman–Crippen LogP) is 2.89. The van der Waals surface area contributed by atoms with Crippen molar-refractivity contribution in [3.63, 3.8) is 0 Å². The molecule has 2 N–H and O–H groups in total. The first-order valence-electron chi connectivity index (χ1n) is 11.2. The Balaban J connectivity index is 1.44. The van der Waals surface area contributed by atoms with Crippen molar-refractivity contribution in [2.75, 3.05) is 38.1 Å². The molecule has 2 atom stereocenters. The van der Waals surface area contributed by atoms with Crippen LogP contribution in [0, 0.1) is 5.82 Å². The molecule has 3 amide bonds. The van der Waals surface area contributed by atoms with Gasteiger partial charge in [-0.25, -0.2) is 9.18 Å². The van der Waals surface area contributed by atoms with Crippen molar-refractivity contribution in [2.24, 2.45) is 0 Å². The van der Waals surface area contributed by atoms with Gasteiger partial charge in [0.15, 0.2) is 6.61 Å². The minimum absolute atomic E-state index is 0.210. The number of hydrogen-bond acceptors (Lipinski definition) is 5. The highest BCUT2D eigenvalue weighted by molar-refractivity contribution is 6.31. The van der Waals surface area contributed by atoms with E-state index in [0.29, 0.717) is 36.1 Å². The number of halogens is 2. The molecule has 11 heteroatoms. The SMILES string of the molecule is CC(=O)Nc1cc(Cl)ccc1OCC(=O)N1CC2CN(C(=O)O)CC(C1)N2Cc1ccc(F)cc1. The van der Waals surface area contributed by atoms with Crippen LogP contribution in [0.3, 0.4) is 0 Å². The Kier molecular flexibility index (Phi) is 7.42. The predicted molar refractivity (Wildman–Crippen MR) is 127 cm³/mol. The fourth-order valence-electron chi connectivity index (χ4n) is 4.56. The largest absolute Gasteiger partial charge is 0.482 e. The van der Waals surface area contributed by atoms with Gasteiger partial charge in [0, 0.05) is 56.8 Å². The maximum atomic E-state index is 13.3. The lowest BCUT2D eigenvalue weighted by atomic mass is 9.99. The molecule has 2 aliphatic rings. The summed E-state index contributed by atoms with van der Waals surface area (Å²) in [7, 11) is 0. The van der Waals surface area contributed by atoms with Gasteiger partial charge < -0.3 is 25.0 Å². The zero-order valence-corrected chi connectivity index (χ0v) is 19.9. The molecule has 2 unspecified atom stereocenters. The second-order valence-electron chi connectivity index (χ2n) is 8.70. The molecule has 0 aliphatic carbocycles. The van der Waals surface area contributed by atoms with E-state index >= 15 is 0 Å². The van der Waals surface area contributed by atoms with Crippen LogP contribution in [0.1, 0.15) is 12.5 Å². The van der Waals surface area contributed by atoms with Gasteiger partial charge in [0.1, 0.15) is 11.6 Å². The normalized spacial score (nSPS) is 19.9. The molecule has 2 aromatic carbocycles. The lowest BCUT2D eigenvalue weighted by molar-refractivity contribution is -0.141. The van der Waals surface area contributed by atoms with E-state index in [1.54, 1.807) is 35.2 Å². The van der Waals surface area contributed by atoms with E-state index in [1.807, 2.05) is 0 Å². The molecule has 0 saturated carbocycles. The summed E-state index contributed by atoms with van der Waals surface area (Å²) in [4.78, 5) is 41.4. The highest BCUT2D eigenvalue weighted by Crippen LogP contribution is 2.29. The second kappa shape index (κ2) is 10.5. The summed E-state index contributed by atoms with van der Waals surface area (Å²) >= 11 is 6.00. The standard InChI is InChI=1S/C24H26ClFN4O5/c1-15(31)27-21-8-17(25)4-7-22(21)35-14-23(32)28-10-19-12-29(24(33)34)13-20(11-28)30(19)9-16-2-5-18(26)6-3-16/h2-8,19-20H,9-14H2,1H3,(H,27,31)(H,33,34). The Morgan fingerprint density at radius 1 is 1.06 bits per heavy atom. The average molecular weight is 505 g/mol. The Labute approximate surface area is 207 Å². The van der Waals surface area contributed by atoms with E-state index < -0.39 is 6.09 Å². The molecule has 35 heavy (non-hydrogen) atoms. The number of amides is 3. The van der Waals surface area contributed by atoms with Crippen molar-refractivity contribution in [1.29, 1.82) is 0 Å². The quantitative estimate of drug-likeness (QED) is 0.627. The van der Waals surface area contributed by atoms with Crippen molar-refractivity contribution in [1.82, 2.24) is 14.7 Å². The molecular weight excluding hydrogens is 479 g/mol. The molecule has 0 aromatic heterocycles. The smallest absolute Gasteiger partial charge is 0.407 e. The number of carbonyl (C=O) groups is 3. The van der Waals surface area contributed by atoms with Gasteiger partial charge in [0.2, 0.25) is 5.91 Å². The topological polar surface area (TPSA) is 102 Å². The van der Waals surface area contributed by atoms with Gasteiger partial charge in [-0.05, 0) is 35.9 Å². The van der Waals surface area contributed by atoms with Gasteiger partial charge in [-0.3, -0.25) is 14.5 Å². The molecule has 4 rings (SSSR count). The first-order chi connectivity index (χ1) is 16.7. The summed E-state index contributed by atoms with van der Waals surface area (Å²) in [6.07, 6.45) is -0.988. The number of rotatable bonds is 6. The number of ether oxygens (including phenoxy) is 1. The first kappa shape index (κ1) is 24.7. The number of anilines is 1. The number of carbonyl (C=O) groups excluding carboxylic acids is 2. The lowest BCUT2D eigenvalue weighted by Crippen LogP contribution is -2.69. The van der Waals surface area contributed by atoms with E-state index in [2.05, 4.69) is 10.2 Å². The summed E-state index contributed by atoms with van der Waals surface area (Å²) in [5.74, 6) is -0.528. The van der Waals surface area contributed by atoms with Gasteiger partial charge in [-0.15, -0.1) is 0 Å². The molecule has 0 radical (unpaired) electrons. The lowest BCUT2D eigenvalue weighted by Gasteiger charge is -2.52. The Morgan fingerprint density at radius 3 is 2.29 bits per heavy atom. The minimum atomic E-state index is -0.988. The first-order valence-corrected chi connectivity index (χ1v) is 11.5. The third kappa shape index (κ3) is 6.01. The van der Waals surface area contributed by atoms with Crippen molar-refractivity contribution in [3.8, 4) is 5.75 Å². The maximum absolute atomic E-state index is 13.3. The van der Waals surface area contributed by atoms with Gasteiger partial charge >= 0.3 is 6.09 Å². The number of nitrogens with zero attached hydrogens (tertiary/aromatic N) is 3. The molecule has 2 aromatic rings. The molecule has 2 saturated heterocycles. The van der Waals surface area contributed by atoms with E-state index in [4.69, 9.17) is 16.3 Å². The minimum Gasteiger partial charge on any atom is -0.482 e. The molecule has 2 heterocycles. The van der Waals surface area contributed by atoms with Gasteiger partial charge in [-0.1, -0.05) is 23.7 Å². The molecule has 2 fully saturated rings. The highest BCUT2D eigenvalue weighted by Gasteiger charge is 2.43. The van der Waals surface area contributed by atoms with E-state index in [9.17, 15) is 23.9 Å². The van der Waals surface area contributed by atoms with Crippen LogP contribution in [-0.2, 0) is 16.1 Å².